The van der Waals surface area contributed by atoms with E-state index in [1.807, 2.05) is 18.9 Å². The smallest absolute Gasteiger partial charge is 0.342 e. The van der Waals surface area contributed by atoms with Gasteiger partial charge in [0.2, 0.25) is 5.43 Å². The second-order valence-electron chi connectivity index (χ2n) is 6.71. The Morgan fingerprint density at radius 1 is 1.35 bits per heavy atom. The molecule has 0 saturated carbocycles. The van der Waals surface area contributed by atoms with Crippen LogP contribution in [-0.2, 0) is 0 Å². The van der Waals surface area contributed by atoms with Crippen LogP contribution in [0.5, 0.6) is 0 Å². The van der Waals surface area contributed by atoms with Gasteiger partial charge in [-0.2, -0.15) is 0 Å². The van der Waals surface area contributed by atoms with Crippen molar-refractivity contribution in [2.24, 2.45) is 0 Å². The van der Waals surface area contributed by atoms with E-state index < -0.39 is 17.2 Å². The van der Waals surface area contributed by atoms with Gasteiger partial charge in [-0.25, -0.2) is 9.18 Å². The molecule has 3 heterocycles. The number of anilines is 2. The van der Waals surface area contributed by atoms with Gasteiger partial charge in [0.1, 0.15) is 11.4 Å². The first-order valence-corrected chi connectivity index (χ1v) is 9.22. The zero-order valence-corrected chi connectivity index (χ0v) is 15.3. The van der Waals surface area contributed by atoms with Gasteiger partial charge in [0.05, 0.1) is 32.7 Å². The summed E-state index contributed by atoms with van der Waals surface area (Å²) in [6.07, 6.45) is 0. The minimum atomic E-state index is -1.30. The van der Waals surface area contributed by atoms with Crippen molar-refractivity contribution in [3.8, 4) is 0 Å². The Kier molecular flexibility index (Phi) is 3.89. The lowest BCUT2D eigenvalue weighted by Crippen LogP contribution is -2.45. The number of hydrogen-bond donors (Lipinski definition) is 2. The summed E-state index contributed by atoms with van der Waals surface area (Å²) in [5.74, 6) is -1.89. The predicted octanol–water partition coefficient (Wildman–Crippen LogP) is 1.80. The summed E-state index contributed by atoms with van der Waals surface area (Å²) in [4.78, 5) is 28.2. The number of halogens is 1. The number of carboxylic acids is 1. The Balaban J connectivity index is 2.00. The molecule has 0 amide bonds. The number of nitrogens with two attached hydrogens (primary N) is 1. The summed E-state index contributed by atoms with van der Waals surface area (Å²) in [6, 6.07) is 1.14. The van der Waals surface area contributed by atoms with E-state index in [0.717, 1.165) is 19.2 Å². The monoisotopic (exact) mass is 378 g/mol. The van der Waals surface area contributed by atoms with E-state index in [1.54, 1.807) is 4.57 Å². The molecule has 3 N–H and O–H groups in total. The van der Waals surface area contributed by atoms with Gasteiger partial charge in [-0.15, -0.1) is 0 Å². The number of rotatable bonds is 2. The van der Waals surface area contributed by atoms with Crippen molar-refractivity contribution in [3.05, 3.63) is 27.7 Å². The van der Waals surface area contributed by atoms with Gasteiger partial charge in [-0.1, -0.05) is 11.8 Å². The van der Waals surface area contributed by atoms with Crippen molar-refractivity contribution < 1.29 is 14.3 Å². The summed E-state index contributed by atoms with van der Waals surface area (Å²) in [7, 11) is 2.01. The first-order valence-electron chi connectivity index (χ1n) is 8.35. The molecule has 7 nitrogen and oxygen atoms in total. The molecule has 1 atom stereocenters. The van der Waals surface area contributed by atoms with Crippen molar-refractivity contribution in [2.75, 3.05) is 43.9 Å². The summed E-state index contributed by atoms with van der Waals surface area (Å²) < 4.78 is 16.6. The lowest BCUT2D eigenvalue weighted by molar-refractivity contribution is 0.0689. The van der Waals surface area contributed by atoms with Crippen LogP contribution >= 0.6 is 11.8 Å². The number of pyridine rings is 1. The first kappa shape index (κ1) is 17.2. The average Bonchev–Trinajstić information content (AvgIpc) is 2.57. The summed E-state index contributed by atoms with van der Waals surface area (Å²) in [5, 5.41) is 9.74. The van der Waals surface area contributed by atoms with Crippen LogP contribution < -0.4 is 16.1 Å². The molecule has 1 saturated heterocycles. The van der Waals surface area contributed by atoms with Crippen LogP contribution in [0.4, 0.5) is 15.8 Å². The molecule has 9 heteroatoms. The third kappa shape index (κ3) is 2.30. The van der Waals surface area contributed by atoms with Crippen LogP contribution in [0.2, 0.25) is 0 Å². The largest absolute Gasteiger partial charge is 0.477 e. The Morgan fingerprint density at radius 3 is 2.58 bits per heavy atom. The minimum absolute atomic E-state index is 0.0196. The molecule has 0 radical (unpaired) electrons. The van der Waals surface area contributed by atoms with E-state index in [1.165, 1.54) is 11.8 Å². The molecule has 2 aromatic rings. The molecule has 0 spiro atoms. The maximum Gasteiger partial charge on any atom is 0.342 e. The minimum Gasteiger partial charge on any atom is -0.477 e. The van der Waals surface area contributed by atoms with E-state index in [0.29, 0.717) is 29.3 Å². The number of nitrogen functional groups attached to an aromatic ring is 1. The number of likely N-dealkylation sites (N-methyl/N-ethyl adjacent to an activating group) is 1. The van der Waals surface area contributed by atoms with E-state index in [-0.39, 0.29) is 22.0 Å². The fourth-order valence-electron chi connectivity index (χ4n) is 3.70. The topological polar surface area (TPSA) is 91.8 Å². The maximum atomic E-state index is 14.9. The molecular formula is C17H19FN4O3S. The Labute approximate surface area is 153 Å². The van der Waals surface area contributed by atoms with Gasteiger partial charge in [-0.05, 0) is 20.0 Å². The maximum absolute atomic E-state index is 14.9. The number of aromatic nitrogens is 1. The number of piperazine rings is 1. The molecule has 2 aliphatic heterocycles. The molecule has 26 heavy (non-hydrogen) atoms. The van der Waals surface area contributed by atoms with Crippen molar-refractivity contribution in [1.29, 1.82) is 0 Å². The van der Waals surface area contributed by atoms with Crippen LogP contribution in [0.1, 0.15) is 22.7 Å². The number of fused-ring (bicyclic) bond motifs is 3. The highest BCUT2D eigenvalue weighted by Gasteiger charge is 2.35. The van der Waals surface area contributed by atoms with Crippen molar-refractivity contribution in [2.45, 2.75) is 17.3 Å². The van der Waals surface area contributed by atoms with Gasteiger partial charge in [0.15, 0.2) is 0 Å². The van der Waals surface area contributed by atoms with Crippen LogP contribution in [0, 0.1) is 5.82 Å². The van der Waals surface area contributed by atoms with E-state index in [2.05, 4.69) is 4.90 Å². The lowest BCUT2D eigenvalue weighted by atomic mass is 10.1. The Morgan fingerprint density at radius 2 is 2.00 bits per heavy atom. The molecule has 1 aromatic carbocycles. The second-order valence-corrected chi connectivity index (χ2v) is 8.01. The SMILES string of the molecule is CC1Sc2c(C(=O)O)c(=O)c3cc(F)c(N4CCN(C)CC4)c(N)c3n21. The zero-order valence-electron chi connectivity index (χ0n) is 14.5. The third-order valence-electron chi connectivity index (χ3n) is 5.09. The van der Waals surface area contributed by atoms with Gasteiger partial charge in [-0.3, -0.25) is 4.79 Å². The number of hydrogen-bond acceptors (Lipinski definition) is 6. The highest BCUT2D eigenvalue weighted by molar-refractivity contribution is 8.00. The molecule has 2 aliphatic rings. The Hall–Kier alpha value is -2.26. The highest BCUT2D eigenvalue weighted by atomic mass is 32.2. The lowest BCUT2D eigenvalue weighted by Gasteiger charge is -2.37. The molecule has 1 fully saturated rings. The number of aromatic carboxylic acids is 1. The van der Waals surface area contributed by atoms with Gasteiger partial charge < -0.3 is 25.2 Å². The Bertz CT molecular complexity index is 998. The normalized spacial score (nSPS) is 20.1. The summed E-state index contributed by atoms with van der Waals surface area (Å²) in [6.45, 7) is 4.75. The van der Waals surface area contributed by atoms with Gasteiger partial charge in [0.25, 0.3) is 0 Å². The van der Waals surface area contributed by atoms with Gasteiger partial charge >= 0.3 is 5.97 Å². The number of carbonyl (C=O) groups is 1. The molecule has 4 rings (SSSR count). The summed E-state index contributed by atoms with van der Waals surface area (Å²) >= 11 is 1.31. The number of nitrogens with zero attached hydrogens (tertiary/aromatic N) is 3. The first-order chi connectivity index (χ1) is 12.3. The summed E-state index contributed by atoms with van der Waals surface area (Å²) in [5.41, 5.74) is 6.26. The van der Waals surface area contributed by atoms with Crippen LogP contribution in [0.25, 0.3) is 10.9 Å². The average molecular weight is 378 g/mol. The number of carboxylic acid groups (broad SMARTS) is 1. The second kappa shape index (κ2) is 5.88. The van der Waals surface area contributed by atoms with E-state index in [4.69, 9.17) is 5.73 Å². The zero-order chi connectivity index (χ0) is 18.7. The predicted molar refractivity (Wildman–Crippen MR) is 99.8 cm³/mol. The van der Waals surface area contributed by atoms with Crippen LogP contribution in [-0.4, -0.2) is 53.8 Å². The van der Waals surface area contributed by atoms with Gasteiger partial charge in [0, 0.05) is 26.2 Å². The van der Waals surface area contributed by atoms with E-state index >= 15 is 0 Å². The molecule has 1 aromatic heterocycles. The van der Waals surface area contributed by atoms with Crippen molar-refractivity contribution in [3.63, 3.8) is 0 Å². The molecule has 138 valence electrons. The van der Waals surface area contributed by atoms with Crippen LogP contribution in [0.15, 0.2) is 15.9 Å². The molecule has 0 aliphatic carbocycles. The molecular weight excluding hydrogens is 359 g/mol. The van der Waals surface area contributed by atoms with Crippen molar-refractivity contribution in [1.82, 2.24) is 9.47 Å². The number of benzene rings is 1. The van der Waals surface area contributed by atoms with Crippen LogP contribution in [0.3, 0.4) is 0 Å². The van der Waals surface area contributed by atoms with Crippen molar-refractivity contribution >= 4 is 40.0 Å². The van der Waals surface area contributed by atoms with E-state index in [9.17, 15) is 19.1 Å². The fraction of sp³-hybridized carbons (Fsp3) is 0.412. The molecule has 1 unspecified atom stereocenters. The number of thioether (sulfide) groups is 1. The molecule has 0 bridgehead atoms. The quantitative estimate of drug-likeness (QED) is 0.770. The fourth-order valence-corrected chi connectivity index (χ4v) is 4.84. The third-order valence-corrected chi connectivity index (χ3v) is 6.26. The standard InChI is InChI=1S/C17H19FN4O3S/c1-8-22-13-9(15(23)11(17(24)25)16(22)26-8)7-10(18)14(12(13)19)21-5-3-20(2)4-6-21/h7-8H,3-6,19H2,1-2H3,(H,24,25). The highest BCUT2D eigenvalue weighted by Crippen LogP contribution is 2.48.